The predicted molar refractivity (Wildman–Crippen MR) is 94.7 cm³/mol. The van der Waals surface area contributed by atoms with Gasteiger partial charge in [-0.05, 0) is 30.9 Å². The average Bonchev–Trinajstić information content (AvgIpc) is 3.20. The van der Waals surface area contributed by atoms with Crippen molar-refractivity contribution in [2.24, 2.45) is 0 Å². The summed E-state index contributed by atoms with van der Waals surface area (Å²) in [6.45, 7) is 3.95. The second-order valence-corrected chi connectivity index (χ2v) is 7.44. The van der Waals surface area contributed by atoms with Crippen LogP contribution in [-0.2, 0) is 0 Å². The van der Waals surface area contributed by atoms with E-state index in [2.05, 4.69) is 25.7 Å². The number of aromatic amines is 1. The zero-order valence-corrected chi connectivity index (χ0v) is 14.7. The monoisotopic (exact) mass is 361 g/mol. The second kappa shape index (κ2) is 7.02. The summed E-state index contributed by atoms with van der Waals surface area (Å²) >= 11 is 2.89. The van der Waals surface area contributed by atoms with E-state index < -0.39 is 0 Å². The molecule has 0 atom stereocenters. The van der Waals surface area contributed by atoms with Crippen molar-refractivity contribution in [1.82, 2.24) is 20.4 Å². The second-order valence-electron chi connectivity index (χ2n) is 4.95. The lowest BCUT2D eigenvalue weighted by molar-refractivity contribution is 0.102. The molecule has 0 radical (unpaired) electrons. The van der Waals surface area contributed by atoms with Crippen molar-refractivity contribution in [1.29, 1.82) is 0 Å². The van der Waals surface area contributed by atoms with E-state index in [0.717, 1.165) is 15.7 Å². The Morgan fingerprint density at radius 3 is 3.00 bits per heavy atom. The summed E-state index contributed by atoms with van der Waals surface area (Å²) < 4.78 is 0.808. The molecule has 2 aromatic heterocycles. The van der Waals surface area contributed by atoms with Crippen LogP contribution in [0, 0.1) is 6.92 Å². The Balaban J connectivity index is 1.77. The highest BCUT2D eigenvalue weighted by Crippen LogP contribution is 2.29. The minimum atomic E-state index is -0.356. The van der Waals surface area contributed by atoms with Crippen molar-refractivity contribution in [2.75, 3.05) is 11.1 Å². The van der Waals surface area contributed by atoms with Crippen LogP contribution in [-0.4, -0.2) is 37.2 Å². The predicted octanol–water partition coefficient (Wildman–Crippen LogP) is 3.31. The van der Waals surface area contributed by atoms with Gasteiger partial charge in [0.2, 0.25) is 5.13 Å². The van der Waals surface area contributed by atoms with Crippen molar-refractivity contribution in [3.8, 4) is 17.0 Å². The minimum absolute atomic E-state index is 0.115. The molecule has 0 fully saturated rings. The number of benzene rings is 1. The summed E-state index contributed by atoms with van der Waals surface area (Å²) in [5.74, 6) is 0.654. The molecule has 0 aliphatic heterocycles. The van der Waals surface area contributed by atoms with Crippen molar-refractivity contribution in [3.63, 3.8) is 0 Å². The van der Waals surface area contributed by atoms with Crippen molar-refractivity contribution in [3.05, 3.63) is 35.5 Å². The van der Waals surface area contributed by atoms with Crippen LogP contribution in [0.4, 0.5) is 5.13 Å². The van der Waals surface area contributed by atoms with E-state index in [9.17, 15) is 9.90 Å². The van der Waals surface area contributed by atoms with Crippen LogP contribution in [0.25, 0.3) is 11.3 Å². The highest BCUT2D eigenvalue weighted by molar-refractivity contribution is 8.01. The molecule has 3 rings (SSSR count). The van der Waals surface area contributed by atoms with Crippen LogP contribution in [0.2, 0.25) is 0 Å². The Hall–Kier alpha value is -2.39. The van der Waals surface area contributed by atoms with Crippen LogP contribution in [0.15, 0.2) is 28.6 Å². The molecule has 3 aromatic rings. The number of thioether (sulfide) groups is 1. The van der Waals surface area contributed by atoms with Gasteiger partial charge in [0.05, 0.1) is 5.69 Å². The Kier molecular flexibility index (Phi) is 4.81. The maximum atomic E-state index is 12.3. The standard InChI is InChI=1S/C15H15N5O2S2/c1-3-23-15-20-19-14(24-15)16-13(22)11-7-10(17-18-11)9-6-8(2)4-5-12(9)21/h4-7,21H,3H2,1-2H3,(H,17,18)(H,16,19,22). The van der Waals surface area contributed by atoms with Crippen LogP contribution in [0.1, 0.15) is 23.0 Å². The van der Waals surface area contributed by atoms with Crippen LogP contribution in [0.3, 0.4) is 0 Å². The zero-order chi connectivity index (χ0) is 17.1. The Bertz CT molecular complexity index is 874. The van der Waals surface area contributed by atoms with Gasteiger partial charge in [0, 0.05) is 5.56 Å². The molecule has 1 amide bonds. The Morgan fingerprint density at radius 2 is 2.21 bits per heavy atom. The number of rotatable bonds is 5. The maximum Gasteiger partial charge on any atom is 0.275 e. The van der Waals surface area contributed by atoms with E-state index in [0.29, 0.717) is 16.4 Å². The lowest BCUT2D eigenvalue weighted by atomic mass is 10.1. The highest BCUT2D eigenvalue weighted by Gasteiger charge is 2.15. The van der Waals surface area contributed by atoms with E-state index in [1.807, 2.05) is 19.9 Å². The third kappa shape index (κ3) is 3.57. The van der Waals surface area contributed by atoms with Gasteiger partial charge in [-0.1, -0.05) is 41.7 Å². The number of phenolic OH excluding ortho intramolecular Hbond substituents is 1. The van der Waals surface area contributed by atoms with Crippen LogP contribution in [0.5, 0.6) is 5.75 Å². The first-order valence-corrected chi connectivity index (χ1v) is 9.00. The molecule has 0 unspecified atom stereocenters. The average molecular weight is 361 g/mol. The quantitative estimate of drug-likeness (QED) is 0.476. The number of hydrogen-bond donors (Lipinski definition) is 3. The molecule has 1 aromatic carbocycles. The van der Waals surface area contributed by atoms with Crippen molar-refractivity contribution >= 4 is 34.1 Å². The molecule has 2 heterocycles. The number of hydrogen-bond acceptors (Lipinski definition) is 7. The van der Waals surface area contributed by atoms with Crippen LogP contribution < -0.4 is 5.32 Å². The summed E-state index contributed by atoms with van der Waals surface area (Å²) in [4.78, 5) is 12.3. The molecule has 24 heavy (non-hydrogen) atoms. The molecule has 0 spiro atoms. The largest absolute Gasteiger partial charge is 0.507 e. The zero-order valence-electron chi connectivity index (χ0n) is 13.0. The van der Waals surface area contributed by atoms with E-state index in [4.69, 9.17) is 0 Å². The number of carbonyl (C=O) groups excluding carboxylic acids is 1. The number of H-pyrrole nitrogens is 1. The molecule has 7 nitrogen and oxygen atoms in total. The third-order valence-electron chi connectivity index (χ3n) is 3.15. The molecule has 0 saturated heterocycles. The summed E-state index contributed by atoms with van der Waals surface area (Å²) in [6.07, 6.45) is 0. The molecular formula is C15H15N5O2S2. The number of nitrogens with zero attached hydrogens (tertiary/aromatic N) is 3. The van der Waals surface area contributed by atoms with E-state index >= 15 is 0 Å². The first-order chi connectivity index (χ1) is 11.6. The van der Waals surface area contributed by atoms with Gasteiger partial charge in [-0.15, -0.1) is 10.2 Å². The molecule has 9 heteroatoms. The third-order valence-corrected chi connectivity index (χ3v) is 5.00. The van der Waals surface area contributed by atoms with Crippen molar-refractivity contribution in [2.45, 2.75) is 18.2 Å². The number of aryl methyl sites for hydroxylation is 1. The van der Waals surface area contributed by atoms with E-state index in [-0.39, 0.29) is 17.4 Å². The highest BCUT2D eigenvalue weighted by atomic mass is 32.2. The Morgan fingerprint density at radius 1 is 1.38 bits per heavy atom. The molecule has 124 valence electrons. The van der Waals surface area contributed by atoms with Gasteiger partial charge in [0.15, 0.2) is 4.34 Å². The smallest absolute Gasteiger partial charge is 0.275 e. The van der Waals surface area contributed by atoms with Gasteiger partial charge in [0.25, 0.3) is 5.91 Å². The first kappa shape index (κ1) is 16.5. The number of nitrogens with one attached hydrogen (secondary N) is 2. The fraction of sp³-hybridized carbons (Fsp3) is 0.200. The van der Waals surface area contributed by atoms with Gasteiger partial charge >= 0.3 is 0 Å². The van der Waals surface area contributed by atoms with E-state index in [1.54, 1.807) is 30.0 Å². The molecule has 3 N–H and O–H groups in total. The fourth-order valence-electron chi connectivity index (χ4n) is 2.04. The minimum Gasteiger partial charge on any atom is -0.507 e. The molecule has 0 saturated carbocycles. The molecule has 0 aliphatic rings. The van der Waals surface area contributed by atoms with Gasteiger partial charge in [-0.3, -0.25) is 15.2 Å². The summed E-state index contributed by atoms with van der Waals surface area (Å²) in [7, 11) is 0. The summed E-state index contributed by atoms with van der Waals surface area (Å²) in [5.41, 5.74) is 2.35. The van der Waals surface area contributed by atoms with Crippen LogP contribution >= 0.6 is 23.1 Å². The van der Waals surface area contributed by atoms with Crippen molar-refractivity contribution < 1.29 is 9.90 Å². The Labute approximate surface area is 146 Å². The van der Waals surface area contributed by atoms with Gasteiger partial charge in [0.1, 0.15) is 11.4 Å². The topological polar surface area (TPSA) is 104 Å². The summed E-state index contributed by atoms with van der Waals surface area (Å²) in [6, 6.07) is 6.81. The SMILES string of the molecule is CCSc1nnc(NC(=O)c2cc(-c3cc(C)ccc3O)n[nH]2)s1. The molecular weight excluding hydrogens is 346 g/mol. The van der Waals surface area contributed by atoms with Gasteiger partial charge in [-0.2, -0.15) is 5.10 Å². The van der Waals surface area contributed by atoms with E-state index in [1.165, 1.54) is 11.3 Å². The maximum absolute atomic E-state index is 12.3. The number of aromatic hydroxyl groups is 1. The number of carbonyl (C=O) groups is 1. The normalized spacial score (nSPS) is 10.8. The van der Waals surface area contributed by atoms with Gasteiger partial charge < -0.3 is 5.11 Å². The molecule has 0 bridgehead atoms. The van der Waals surface area contributed by atoms with Gasteiger partial charge in [-0.25, -0.2) is 0 Å². The number of aromatic nitrogens is 4. The molecule has 0 aliphatic carbocycles. The fourth-order valence-corrected chi connectivity index (χ4v) is 3.68. The number of anilines is 1. The first-order valence-electron chi connectivity index (χ1n) is 7.20. The lowest BCUT2D eigenvalue weighted by Crippen LogP contribution is -2.12. The lowest BCUT2D eigenvalue weighted by Gasteiger charge is -2.01. The number of phenols is 1. The summed E-state index contributed by atoms with van der Waals surface area (Å²) in [5, 5.41) is 27.8. The number of amides is 1.